The number of carbonyl (C=O) groups is 1. The molecule has 0 N–H and O–H groups in total. The second kappa shape index (κ2) is 4.94. The first-order valence-corrected chi connectivity index (χ1v) is 5.83. The van der Waals surface area contributed by atoms with Crippen LogP contribution in [0.3, 0.4) is 0 Å². The molecule has 0 amide bonds. The van der Waals surface area contributed by atoms with E-state index in [4.69, 9.17) is 4.74 Å². The molecule has 4 nitrogen and oxygen atoms in total. The highest BCUT2D eigenvalue weighted by molar-refractivity contribution is 5.71. The molecule has 1 unspecified atom stereocenters. The molecule has 2 aliphatic rings. The van der Waals surface area contributed by atoms with Crippen LogP contribution in [0.2, 0.25) is 0 Å². The second-order valence-corrected chi connectivity index (χ2v) is 4.50. The van der Waals surface area contributed by atoms with Crippen molar-refractivity contribution in [1.82, 2.24) is 9.80 Å². The molecule has 2 saturated heterocycles. The van der Waals surface area contributed by atoms with Gasteiger partial charge in [0.05, 0.1) is 13.7 Å². The van der Waals surface area contributed by atoms with E-state index in [9.17, 15) is 4.79 Å². The van der Waals surface area contributed by atoms with Gasteiger partial charge in [-0.05, 0) is 32.4 Å². The lowest BCUT2D eigenvalue weighted by Crippen LogP contribution is -2.39. The van der Waals surface area contributed by atoms with Crippen molar-refractivity contribution in [2.75, 3.05) is 39.8 Å². The Morgan fingerprint density at radius 1 is 1.33 bits per heavy atom. The molecule has 15 heavy (non-hydrogen) atoms. The van der Waals surface area contributed by atoms with Gasteiger partial charge < -0.3 is 4.74 Å². The second-order valence-electron chi connectivity index (χ2n) is 4.50. The number of hydrogen-bond donors (Lipinski definition) is 0. The van der Waals surface area contributed by atoms with Crippen LogP contribution in [0.25, 0.3) is 0 Å². The molecule has 4 heteroatoms. The van der Waals surface area contributed by atoms with Crippen LogP contribution in [0.5, 0.6) is 0 Å². The maximum atomic E-state index is 11.2. The zero-order valence-electron chi connectivity index (χ0n) is 9.45. The van der Waals surface area contributed by atoms with Crippen LogP contribution in [0.15, 0.2) is 0 Å². The smallest absolute Gasteiger partial charge is 0.319 e. The summed E-state index contributed by atoms with van der Waals surface area (Å²) in [6, 6.07) is 0.678. The number of rotatable bonds is 2. The Hall–Kier alpha value is -0.610. The van der Waals surface area contributed by atoms with Crippen molar-refractivity contribution in [2.24, 2.45) is 0 Å². The highest BCUT2D eigenvalue weighted by Crippen LogP contribution is 2.20. The summed E-state index contributed by atoms with van der Waals surface area (Å²) in [4.78, 5) is 16.0. The van der Waals surface area contributed by atoms with E-state index in [0.29, 0.717) is 12.6 Å². The molecule has 0 radical (unpaired) electrons. The largest absolute Gasteiger partial charge is 0.468 e. The third-order valence-corrected chi connectivity index (χ3v) is 3.47. The number of ether oxygens (including phenoxy) is 1. The third kappa shape index (κ3) is 2.69. The van der Waals surface area contributed by atoms with Gasteiger partial charge in [0.15, 0.2) is 0 Å². The predicted octanol–water partition coefficient (Wildman–Crippen LogP) is 0.329. The molecular formula is C11H20N2O2. The summed E-state index contributed by atoms with van der Waals surface area (Å²) in [5.41, 5.74) is 0. The highest BCUT2D eigenvalue weighted by atomic mass is 16.5. The number of carbonyl (C=O) groups excluding carboxylic acids is 1. The average molecular weight is 212 g/mol. The first kappa shape index (κ1) is 10.9. The summed E-state index contributed by atoms with van der Waals surface area (Å²) >= 11 is 0. The molecule has 0 saturated carbocycles. The Labute approximate surface area is 91.2 Å². The van der Waals surface area contributed by atoms with E-state index in [1.165, 1.54) is 39.5 Å². The minimum absolute atomic E-state index is 0.110. The lowest BCUT2D eigenvalue weighted by Gasteiger charge is -2.24. The standard InChI is InChI=1S/C11H20N2O2/c1-15-11(14)9-12-5-3-7-13-6-2-4-10(13)8-12/h10H,2-9H2,1H3. The minimum Gasteiger partial charge on any atom is -0.468 e. The van der Waals surface area contributed by atoms with E-state index < -0.39 is 0 Å². The van der Waals surface area contributed by atoms with Crippen LogP contribution in [-0.2, 0) is 9.53 Å². The van der Waals surface area contributed by atoms with Crippen molar-refractivity contribution in [2.45, 2.75) is 25.3 Å². The minimum atomic E-state index is -0.110. The number of esters is 1. The van der Waals surface area contributed by atoms with Gasteiger partial charge in [-0.25, -0.2) is 0 Å². The van der Waals surface area contributed by atoms with Gasteiger partial charge in [-0.3, -0.25) is 14.6 Å². The zero-order valence-corrected chi connectivity index (χ0v) is 9.45. The lowest BCUT2D eigenvalue weighted by atomic mass is 10.2. The molecule has 0 aromatic heterocycles. The molecule has 0 bridgehead atoms. The lowest BCUT2D eigenvalue weighted by molar-refractivity contribution is -0.141. The molecule has 2 rings (SSSR count). The number of fused-ring (bicyclic) bond motifs is 1. The fourth-order valence-corrected chi connectivity index (χ4v) is 2.67. The summed E-state index contributed by atoms with van der Waals surface area (Å²) < 4.78 is 4.71. The van der Waals surface area contributed by atoms with Crippen LogP contribution in [0, 0.1) is 0 Å². The van der Waals surface area contributed by atoms with Crippen molar-refractivity contribution in [3.05, 3.63) is 0 Å². The zero-order chi connectivity index (χ0) is 10.7. The average Bonchev–Trinajstić information content (AvgIpc) is 2.58. The molecule has 0 spiro atoms. The Morgan fingerprint density at radius 2 is 2.13 bits per heavy atom. The predicted molar refractivity (Wildman–Crippen MR) is 57.7 cm³/mol. The van der Waals surface area contributed by atoms with Crippen LogP contribution in [0.4, 0.5) is 0 Å². The molecular weight excluding hydrogens is 192 g/mol. The fraction of sp³-hybridized carbons (Fsp3) is 0.909. The van der Waals surface area contributed by atoms with Gasteiger partial charge in [0.2, 0.25) is 0 Å². The molecule has 2 fully saturated rings. The van der Waals surface area contributed by atoms with Gasteiger partial charge in [0.1, 0.15) is 0 Å². The Bertz CT molecular complexity index is 233. The summed E-state index contributed by atoms with van der Waals surface area (Å²) in [7, 11) is 1.46. The van der Waals surface area contributed by atoms with Crippen molar-refractivity contribution < 1.29 is 9.53 Å². The molecule has 1 atom stereocenters. The van der Waals surface area contributed by atoms with E-state index >= 15 is 0 Å². The van der Waals surface area contributed by atoms with Gasteiger partial charge in [0.25, 0.3) is 0 Å². The molecule has 2 heterocycles. The van der Waals surface area contributed by atoms with E-state index in [2.05, 4.69) is 9.80 Å². The first-order valence-electron chi connectivity index (χ1n) is 5.83. The van der Waals surface area contributed by atoms with E-state index in [0.717, 1.165) is 13.1 Å². The van der Waals surface area contributed by atoms with Crippen molar-refractivity contribution >= 4 is 5.97 Å². The first-order chi connectivity index (χ1) is 7.29. The summed E-state index contributed by atoms with van der Waals surface area (Å²) in [5, 5.41) is 0. The Kier molecular flexibility index (Phi) is 3.59. The SMILES string of the molecule is COC(=O)CN1CCCN2CCCC2C1. The number of nitrogens with zero attached hydrogens (tertiary/aromatic N) is 2. The maximum absolute atomic E-state index is 11.2. The van der Waals surface area contributed by atoms with Crippen LogP contribution in [-0.4, -0.2) is 61.6 Å². The molecule has 0 aliphatic carbocycles. The third-order valence-electron chi connectivity index (χ3n) is 3.47. The van der Waals surface area contributed by atoms with Gasteiger partial charge in [-0.2, -0.15) is 0 Å². The van der Waals surface area contributed by atoms with E-state index in [1.807, 2.05) is 0 Å². The van der Waals surface area contributed by atoms with Crippen LogP contribution >= 0.6 is 0 Å². The van der Waals surface area contributed by atoms with Crippen LogP contribution < -0.4 is 0 Å². The van der Waals surface area contributed by atoms with Gasteiger partial charge in [-0.15, -0.1) is 0 Å². The van der Waals surface area contributed by atoms with Gasteiger partial charge in [0, 0.05) is 19.1 Å². The normalized spacial score (nSPS) is 28.5. The summed E-state index contributed by atoms with van der Waals surface area (Å²) in [5.74, 6) is -0.110. The van der Waals surface area contributed by atoms with E-state index in [1.54, 1.807) is 0 Å². The Morgan fingerprint density at radius 3 is 2.93 bits per heavy atom. The van der Waals surface area contributed by atoms with Crippen molar-refractivity contribution in [3.8, 4) is 0 Å². The number of hydrogen-bond acceptors (Lipinski definition) is 4. The fourth-order valence-electron chi connectivity index (χ4n) is 2.67. The van der Waals surface area contributed by atoms with Crippen molar-refractivity contribution in [1.29, 1.82) is 0 Å². The highest BCUT2D eigenvalue weighted by Gasteiger charge is 2.29. The van der Waals surface area contributed by atoms with Gasteiger partial charge >= 0.3 is 5.97 Å². The Balaban J connectivity index is 1.88. The number of methoxy groups -OCH3 is 1. The molecule has 2 aliphatic heterocycles. The monoisotopic (exact) mass is 212 g/mol. The summed E-state index contributed by atoms with van der Waals surface area (Å²) in [6.07, 6.45) is 3.78. The molecule has 0 aromatic carbocycles. The quantitative estimate of drug-likeness (QED) is 0.618. The maximum Gasteiger partial charge on any atom is 0.319 e. The molecule has 0 aromatic rings. The summed E-state index contributed by atoms with van der Waals surface area (Å²) in [6.45, 7) is 4.97. The van der Waals surface area contributed by atoms with Crippen molar-refractivity contribution in [3.63, 3.8) is 0 Å². The topological polar surface area (TPSA) is 32.8 Å². The van der Waals surface area contributed by atoms with Crippen LogP contribution in [0.1, 0.15) is 19.3 Å². The van der Waals surface area contributed by atoms with Gasteiger partial charge in [-0.1, -0.05) is 0 Å². The molecule has 86 valence electrons. The van der Waals surface area contributed by atoms with E-state index in [-0.39, 0.29) is 5.97 Å².